The Morgan fingerprint density at radius 1 is 1.26 bits per heavy atom. The average molecular weight is 285 g/mol. The summed E-state index contributed by atoms with van der Waals surface area (Å²) >= 11 is 0. The maximum absolute atomic E-state index is 11.7. The highest BCUT2D eigenvalue weighted by Crippen LogP contribution is 2.17. The van der Waals surface area contributed by atoms with Gasteiger partial charge < -0.3 is 4.74 Å². The van der Waals surface area contributed by atoms with E-state index in [1.54, 1.807) is 4.52 Å². The maximum Gasteiger partial charge on any atom is 0.358 e. The quantitative estimate of drug-likeness (QED) is 0.805. The topological polar surface area (TPSA) is 69.4 Å². The van der Waals surface area contributed by atoms with Gasteiger partial charge in [-0.25, -0.2) is 4.79 Å². The van der Waals surface area contributed by atoms with Gasteiger partial charge in [-0.2, -0.15) is 9.61 Å². The number of carbonyl (C=O) groups is 1. The molecule has 0 radical (unpaired) electrons. The Balaban J connectivity index is 0.00000180. The first-order valence-electron chi connectivity index (χ1n) is 5.90. The summed E-state index contributed by atoms with van der Waals surface area (Å²) < 4.78 is 6.38. The molecule has 7 heteroatoms. The lowest BCUT2D eigenvalue weighted by Gasteiger charge is -2.07. The lowest BCUT2D eigenvalue weighted by Crippen LogP contribution is -2.13. The van der Waals surface area contributed by atoms with Crippen molar-refractivity contribution in [3.05, 3.63) is 22.6 Å². The monoisotopic (exact) mass is 284 g/mol. The average Bonchev–Trinajstić information content (AvgIpc) is 2.76. The highest BCUT2D eigenvalue weighted by Gasteiger charge is 2.18. The van der Waals surface area contributed by atoms with Crippen LogP contribution in [0.1, 0.15) is 40.8 Å². The summed E-state index contributed by atoms with van der Waals surface area (Å²) in [6.45, 7) is 5.80. The van der Waals surface area contributed by atoms with Gasteiger partial charge in [-0.15, -0.1) is 22.6 Å². The lowest BCUT2D eigenvalue weighted by molar-refractivity contribution is 0.0591. The first-order chi connectivity index (χ1) is 8.60. The van der Waals surface area contributed by atoms with Gasteiger partial charge in [-0.3, -0.25) is 0 Å². The number of halogens is 1. The number of nitrogens with zero attached hydrogens (tertiary/aromatic N) is 4. The van der Waals surface area contributed by atoms with Crippen molar-refractivity contribution in [3.8, 4) is 0 Å². The van der Waals surface area contributed by atoms with Gasteiger partial charge >= 0.3 is 5.97 Å². The van der Waals surface area contributed by atoms with E-state index in [0.29, 0.717) is 11.3 Å². The van der Waals surface area contributed by atoms with Gasteiger partial charge in [0.25, 0.3) is 0 Å². The molecule has 0 aliphatic heterocycles. The van der Waals surface area contributed by atoms with Crippen molar-refractivity contribution < 1.29 is 9.53 Å². The number of ether oxygens (including phenoxy) is 1. The van der Waals surface area contributed by atoms with Crippen LogP contribution in [0.25, 0.3) is 5.65 Å². The van der Waals surface area contributed by atoms with E-state index in [1.165, 1.54) is 7.11 Å². The van der Waals surface area contributed by atoms with E-state index in [9.17, 15) is 4.79 Å². The Hall–Kier alpha value is -1.69. The smallest absolute Gasteiger partial charge is 0.358 e. The Morgan fingerprint density at radius 2 is 1.95 bits per heavy atom. The minimum atomic E-state index is -0.436. The lowest BCUT2D eigenvalue weighted by atomic mass is 10.1. The van der Waals surface area contributed by atoms with Crippen molar-refractivity contribution in [2.45, 2.75) is 33.6 Å². The van der Waals surface area contributed by atoms with E-state index in [0.717, 1.165) is 29.8 Å². The van der Waals surface area contributed by atoms with Crippen LogP contribution in [0.15, 0.2) is 0 Å². The second kappa shape index (κ2) is 5.97. The number of rotatable bonds is 3. The van der Waals surface area contributed by atoms with Gasteiger partial charge in [0.2, 0.25) is 0 Å². The zero-order valence-electron chi connectivity index (χ0n) is 11.4. The largest absolute Gasteiger partial charge is 0.464 e. The molecule has 2 heterocycles. The highest BCUT2D eigenvalue weighted by atomic mass is 35.5. The van der Waals surface area contributed by atoms with E-state index >= 15 is 0 Å². The predicted molar refractivity (Wildman–Crippen MR) is 72.8 cm³/mol. The number of hydrogen-bond donors (Lipinski definition) is 0. The van der Waals surface area contributed by atoms with Crippen molar-refractivity contribution in [3.63, 3.8) is 0 Å². The zero-order chi connectivity index (χ0) is 13.3. The molecule has 2 aromatic rings. The summed E-state index contributed by atoms with van der Waals surface area (Å²) in [6, 6.07) is 0. The molecule has 0 aliphatic carbocycles. The molecule has 2 aromatic heterocycles. The molecule has 0 aliphatic rings. The predicted octanol–water partition coefficient (Wildman–Crippen LogP) is 1.90. The number of aromatic nitrogens is 4. The Morgan fingerprint density at radius 3 is 2.53 bits per heavy atom. The van der Waals surface area contributed by atoms with Gasteiger partial charge in [0.05, 0.1) is 7.11 Å². The summed E-state index contributed by atoms with van der Waals surface area (Å²) in [6.07, 6.45) is 1.72. The first-order valence-corrected chi connectivity index (χ1v) is 5.90. The fourth-order valence-electron chi connectivity index (χ4n) is 1.84. The van der Waals surface area contributed by atoms with Crippen molar-refractivity contribution in [2.24, 2.45) is 0 Å². The molecule has 0 spiro atoms. The van der Waals surface area contributed by atoms with Crippen LogP contribution >= 0.6 is 12.4 Å². The fraction of sp³-hybridized carbons (Fsp3) is 0.500. The van der Waals surface area contributed by atoms with Crippen LogP contribution in [-0.4, -0.2) is 32.9 Å². The van der Waals surface area contributed by atoms with E-state index in [-0.39, 0.29) is 12.4 Å². The fourth-order valence-corrected chi connectivity index (χ4v) is 1.84. The summed E-state index contributed by atoms with van der Waals surface area (Å²) in [5.41, 5.74) is 2.70. The van der Waals surface area contributed by atoms with Crippen LogP contribution in [0.5, 0.6) is 0 Å². The van der Waals surface area contributed by atoms with Crippen LogP contribution in [0.3, 0.4) is 0 Å². The number of fused-ring (bicyclic) bond motifs is 1. The van der Waals surface area contributed by atoms with E-state index < -0.39 is 5.97 Å². The maximum atomic E-state index is 11.7. The molecule has 0 N–H and O–H groups in total. The van der Waals surface area contributed by atoms with Gasteiger partial charge in [0.15, 0.2) is 17.2 Å². The normalized spacial score (nSPS) is 10.3. The summed E-state index contributed by atoms with van der Waals surface area (Å²) in [7, 11) is 1.35. The molecule has 0 fully saturated rings. The van der Waals surface area contributed by atoms with E-state index in [4.69, 9.17) is 4.74 Å². The highest BCUT2D eigenvalue weighted by molar-refractivity contribution is 5.89. The van der Waals surface area contributed by atoms with E-state index in [1.807, 2.05) is 13.8 Å². The van der Waals surface area contributed by atoms with Gasteiger partial charge in [0.1, 0.15) is 0 Å². The van der Waals surface area contributed by atoms with Crippen molar-refractivity contribution in [2.75, 3.05) is 7.11 Å². The van der Waals surface area contributed by atoms with Crippen LogP contribution in [0.2, 0.25) is 0 Å². The Kier molecular flexibility index (Phi) is 4.83. The number of esters is 1. The van der Waals surface area contributed by atoms with Crippen molar-refractivity contribution in [1.82, 2.24) is 19.8 Å². The van der Waals surface area contributed by atoms with Crippen molar-refractivity contribution >= 4 is 24.0 Å². The van der Waals surface area contributed by atoms with Crippen LogP contribution in [0.4, 0.5) is 0 Å². The van der Waals surface area contributed by atoms with Gasteiger partial charge in [-0.05, 0) is 25.8 Å². The molecule has 0 saturated heterocycles. The SMILES string of the molecule is CCCc1nnc2c(C)c(C)c(C(=O)OC)nn12.Cl. The molecule has 0 unspecified atom stereocenters. The number of methoxy groups -OCH3 is 1. The molecular weight excluding hydrogens is 268 g/mol. The molecule has 6 nitrogen and oxygen atoms in total. The zero-order valence-corrected chi connectivity index (χ0v) is 12.2. The minimum absolute atomic E-state index is 0. The van der Waals surface area contributed by atoms with Crippen LogP contribution < -0.4 is 0 Å². The summed E-state index contributed by atoms with van der Waals surface area (Å²) in [5.74, 6) is 0.328. The third-order valence-electron chi connectivity index (χ3n) is 3.01. The number of aryl methyl sites for hydroxylation is 2. The van der Waals surface area contributed by atoms with Gasteiger partial charge in [-0.1, -0.05) is 6.92 Å². The molecule has 0 amide bonds. The molecule has 0 atom stereocenters. The Labute approximate surface area is 117 Å². The molecule has 0 bridgehead atoms. The summed E-state index contributed by atoms with van der Waals surface area (Å²) in [5, 5.41) is 12.5. The van der Waals surface area contributed by atoms with Crippen LogP contribution in [0, 0.1) is 13.8 Å². The standard InChI is InChI=1S/C12H16N4O2.ClH/c1-5-6-9-13-14-11-8(3)7(2)10(12(17)18-4)15-16(9)11;/h5-6H2,1-4H3;1H. The number of hydrogen-bond acceptors (Lipinski definition) is 5. The number of carbonyl (C=O) groups excluding carboxylic acids is 1. The minimum Gasteiger partial charge on any atom is -0.464 e. The Bertz CT molecular complexity index is 609. The molecule has 104 valence electrons. The third kappa shape index (κ3) is 2.53. The van der Waals surface area contributed by atoms with Crippen LogP contribution in [-0.2, 0) is 11.2 Å². The summed E-state index contributed by atoms with van der Waals surface area (Å²) in [4.78, 5) is 11.7. The molecule has 0 aromatic carbocycles. The first kappa shape index (κ1) is 15.4. The second-order valence-corrected chi connectivity index (χ2v) is 4.19. The van der Waals surface area contributed by atoms with Crippen molar-refractivity contribution in [1.29, 1.82) is 0 Å². The molecule has 2 rings (SSSR count). The van der Waals surface area contributed by atoms with E-state index in [2.05, 4.69) is 22.2 Å². The van der Waals surface area contributed by atoms with Gasteiger partial charge in [0, 0.05) is 12.0 Å². The molecule has 0 saturated carbocycles. The molecular formula is C12H17ClN4O2. The third-order valence-corrected chi connectivity index (χ3v) is 3.01. The molecule has 19 heavy (non-hydrogen) atoms. The second-order valence-electron chi connectivity index (χ2n) is 4.19.